The molecule has 1 aliphatic heterocycles. The third-order valence-corrected chi connectivity index (χ3v) is 5.43. The second kappa shape index (κ2) is 6.92. The number of fused-ring (bicyclic) bond motifs is 1. The molecule has 3 heterocycles. The van der Waals surface area contributed by atoms with Crippen LogP contribution < -0.4 is 16.4 Å². The second-order valence-electron chi connectivity index (χ2n) is 7.66. The number of amides is 1. The maximum absolute atomic E-state index is 15.1. The first kappa shape index (κ1) is 17.9. The Morgan fingerprint density at radius 3 is 2.85 bits per heavy atom. The first-order chi connectivity index (χ1) is 13.0. The predicted molar refractivity (Wildman–Crippen MR) is 101 cm³/mol. The lowest BCUT2D eigenvalue weighted by atomic mass is 9.91. The van der Waals surface area contributed by atoms with Crippen molar-refractivity contribution in [2.75, 3.05) is 5.32 Å². The van der Waals surface area contributed by atoms with Gasteiger partial charge in [0, 0.05) is 42.0 Å². The molecule has 2 unspecified atom stereocenters. The van der Waals surface area contributed by atoms with Crippen molar-refractivity contribution < 1.29 is 9.18 Å². The summed E-state index contributed by atoms with van der Waals surface area (Å²) in [5, 5.41) is 10.2. The summed E-state index contributed by atoms with van der Waals surface area (Å²) >= 11 is 0. The number of hydrogen-bond donors (Lipinski definition) is 3. The van der Waals surface area contributed by atoms with Gasteiger partial charge in [-0.2, -0.15) is 5.10 Å². The number of carbonyl (C=O) groups excluding carboxylic acids is 1. The van der Waals surface area contributed by atoms with Crippen LogP contribution in [0.3, 0.4) is 0 Å². The van der Waals surface area contributed by atoms with Crippen LogP contribution in [0.1, 0.15) is 61.5 Å². The van der Waals surface area contributed by atoms with E-state index in [9.17, 15) is 4.79 Å². The van der Waals surface area contributed by atoms with Gasteiger partial charge in [0.15, 0.2) is 11.6 Å². The first-order valence-electron chi connectivity index (χ1n) is 9.53. The minimum Gasteiger partial charge on any atom is -0.363 e. The maximum atomic E-state index is 15.1. The summed E-state index contributed by atoms with van der Waals surface area (Å²) in [6.45, 7) is 4.20. The van der Waals surface area contributed by atoms with Gasteiger partial charge in [0.05, 0.1) is 17.5 Å². The van der Waals surface area contributed by atoms with Crippen LogP contribution in [-0.4, -0.2) is 32.8 Å². The van der Waals surface area contributed by atoms with E-state index >= 15 is 4.39 Å². The second-order valence-corrected chi connectivity index (χ2v) is 7.66. The van der Waals surface area contributed by atoms with Crippen molar-refractivity contribution in [3.8, 4) is 11.3 Å². The average molecular weight is 372 g/mol. The molecule has 7 nitrogen and oxygen atoms in total. The summed E-state index contributed by atoms with van der Waals surface area (Å²) in [5.74, 6) is -0.606. The topological polar surface area (TPSA) is 97.9 Å². The molecule has 8 heteroatoms. The molecule has 0 radical (unpaired) electrons. The Morgan fingerprint density at radius 2 is 2.15 bits per heavy atom. The molecule has 1 fully saturated rings. The highest BCUT2D eigenvalue weighted by Crippen LogP contribution is 2.33. The summed E-state index contributed by atoms with van der Waals surface area (Å²) < 4.78 is 16.9. The van der Waals surface area contributed by atoms with E-state index in [1.54, 1.807) is 10.9 Å². The summed E-state index contributed by atoms with van der Waals surface area (Å²) in [6, 6.07) is 0.133. The molecule has 2 aromatic rings. The fraction of sp³-hybridized carbons (Fsp3) is 0.526. The highest BCUT2D eigenvalue weighted by molar-refractivity contribution is 6.04. The van der Waals surface area contributed by atoms with Crippen molar-refractivity contribution in [2.45, 2.75) is 64.2 Å². The van der Waals surface area contributed by atoms with E-state index in [1.165, 1.54) is 0 Å². The fourth-order valence-corrected chi connectivity index (χ4v) is 3.84. The Kier molecular flexibility index (Phi) is 4.59. The largest absolute Gasteiger partial charge is 0.363 e. The zero-order valence-electron chi connectivity index (χ0n) is 15.6. The number of pyridine rings is 1. The van der Waals surface area contributed by atoms with E-state index in [4.69, 9.17) is 5.73 Å². The van der Waals surface area contributed by atoms with Crippen molar-refractivity contribution in [2.24, 2.45) is 5.73 Å². The van der Waals surface area contributed by atoms with E-state index in [1.807, 2.05) is 20.0 Å². The van der Waals surface area contributed by atoms with Gasteiger partial charge < -0.3 is 16.4 Å². The van der Waals surface area contributed by atoms with Crippen LogP contribution >= 0.6 is 0 Å². The average Bonchev–Trinajstić information content (AvgIpc) is 3.27. The maximum Gasteiger partial charge on any atom is 0.254 e. The zero-order chi connectivity index (χ0) is 19.1. The minimum absolute atomic E-state index is 0.0184. The van der Waals surface area contributed by atoms with Crippen LogP contribution in [0.25, 0.3) is 11.3 Å². The normalized spacial score (nSPS) is 22.0. The third kappa shape index (κ3) is 3.18. The van der Waals surface area contributed by atoms with Crippen LogP contribution in [0.4, 0.5) is 10.2 Å². The van der Waals surface area contributed by atoms with E-state index in [-0.39, 0.29) is 36.4 Å². The van der Waals surface area contributed by atoms with Crippen molar-refractivity contribution in [3.63, 3.8) is 0 Å². The van der Waals surface area contributed by atoms with Gasteiger partial charge in [-0.15, -0.1) is 0 Å². The number of hydrogen-bond acceptors (Lipinski definition) is 5. The Labute approximate surface area is 157 Å². The third-order valence-electron chi connectivity index (χ3n) is 5.43. The van der Waals surface area contributed by atoms with Gasteiger partial charge in [-0.05, 0) is 26.7 Å². The monoisotopic (exact) mass is 372 g/mol. The number of nitrogens with zero attached hydrogens (tertiary/aromatic N) is 3. The van der Waals surface area contributed by atoms with E-state index in [2.05, 4.69) is 20.7 Å². The van der Waals surface area contributed by atoms with Gasteiger partial charge in [-0.1, -0.05) is 12.8 Å². The minimum atomic E-state index is -0.471. The lowest BCUT2D eigenvalue weighted by Gasteiger charge is -2.30. The molecule has 4 rings (SSSR count). The molecule has 1 aliphatic carbocycles. The van der Waals surface area contributed by atoms with E-state index in [0.29, 0.717) is 22.4 Å². The lowest BCUT2D eigenvalue weighted by Crippen LogP contribution is -2.43. The van der Waals surface area contributed by atoms with Crippen LogP contribution in [0.2, 0.25) is 0 Å². The summed E-state index contributed by atoms with van der Waals surface area (Å²) in [7, 11) is 0. The van der Waals surface area contributed by atoms with Crippen molar-refractivity contribution in [3.05, 3.63) is 29.3 Å². The molecule has 0 bridgehead atoms. The van der Waals surface area contributed by atoms with Crippen molar-refractivity contribution in [1.82, 2.24) is 20.1 Å². The van der Waals surface area contributed by atoms with Crippen molar-refractivity contribution >= 4 is 11.7 Å². The van der Waals surface area contributed by atoms with E-state index < -0.39 is 5.82 Å². The Bertz CT molecular complexity index is 877. The van der Waals surface area contributed by atoms with Gasteiger partial charge in [0.2, 0.25) is 0 Å². The lowest BCUT2D eigenvalue weighted by molar-refractivity contribution is 0.0966. The molecule has 0 spiro atoms. The van der Waals surface area contributed by atoms with Crippen LogP contribution in [0.5, 0.6) is 0 Å². The molecule has 2 atom stereocenters. The van der Waals surface area contributed by atoms with Gasteiger partial charge in [0.25, 0.3) is 5.91 Å². The summed E-state index contributed by atoms with van der Waals surface area (Å²) in [4.78, 5) is 16.8. The van der Waals surface area contributed by atoms with E-state index in [0.717, 1.165) is 25.7 Å². The number of carbonyl (C=O) groups is 1. The molecule has 1 amide bonds. The Balaban J connectivity index is 1.78. The van der Waals surface area contributed by atoms with Crippen LogP contribution in [-0.2, 0) is 6.54 Å². The standard InChI is InChI=1S/C19H25FN6O/c1-10(2)26-9-11(7-23-26)17-15-12(8-22-19(15)27)16(20)18(25-17)24-14-6-4-3-5-13(14)21/h7,9-10,13-14H,3-6,8,21H2,1-2H3,(H,22,27)(H,24,25). The molecular formula is C19H25FN6O. The molecule has 2 aliphatic rings. The predicted octanol–water partition coefficient (Wildman–Crippen LogP) is 2.59. The summed E-state index contributed by atoms with van der Waals surface area (Å²) in [6.07, 6.45) is 7.47. The molecule has 4 N–H and O–H groups in total. The van der Waals surface area contributed by atoms with Crippen LogP contribution in [0, 0.1) is 5.82 Å². The molecular weight excluding hydrogens is 347 g/mol. The number of aromatic nitrogens is 3. The molecule has 27 heavy (non-hydrogen) atoms. The van der Waals surface area contributed by atoms with Crippen molar-refractivity contribution in [1.29, 1.82) is 0 Å². The van der Waals surface area contributed by atoms with Gasteiger partial charge in [-0.3, -0.25) is 9.48 Å². The number of rotatable bonds is 4. The van der Waals surface area contributed by atoms with Crippen LogP contribution in [0.15, 0.2) is 12.4 Å². The molecule has 0 saturated heterocycles. The Hall–Kier alpha value is -2.48. The molecule has 2 aromatic heterocycles. The number of nitrogens with two attached hydrogens (primary N) is 1. The van der Waals surface area contributed by atoms with Gasteiger partial charge >= 0.3 is 0 Å². The van der Waals surface area contributed by atoms with Gasteiger partial charge in [-0.25, -0.2) is 9.37 Å². The first-order valence-corrected chi connectivity index (χ1v) is 9.53. The molecule has 1 saturated carbocycles. The SMILES string of the molecule is CC(C)n1cc(-c2nc(NC3CCCCC3N)c(F)c3c2C(=O)NC3)cn1. The smallest absolute Gasteiger partial charge is 0.254 e. The van der Waals surface area contributed by atoms with Gasteiger partial charge in [0.1, 0.15) is 0 Å². The highest BCUT2D eigenvalue weighted by Gasteiger charge is 2.32. The molecule has 144 valence electrons. The Morgan fingerprint density at radius 1 is 1.37 bits per heavy atom. The quantitative estimate of drug-likeness (QED) is 0.766. The zero-order valence-corrected chi connectivity index (χ0v) is 15.6. The highest BCUT2D eigenvalue weighted by atomic mass is 19.1. The number of halogens is 1. The number of anilines is 1. The summed E-state index contributed by atoms with van der Waals surface area (Å²) in [5.41, 5.74) is 8.02. The molecule has 0 aromatic carbocycles. The fourth-order valence-electron chi connectivity index (χ4n) is 3.84. The number of nitrogens with one attached hydrogen (secondary N) is 2.